The molecule has 7 nitrogen and oxygen atoms in total. The second kappa shape index (κ2) is 13.4. The number of carbonyl (C=O) groups excluding carboxylic acids is 2. The van der Waals surface area contributed by atoms with Gasteiger partial charge in [0.05, 0.1) is 17.3 Å². The highest BCUT2D eigenvalue weighted by atomic mass is 35.5. The van der Waals surface area contributed by atoms with Crippen LogP contribution in [0.25, 0.3) is 11.1 Å². The van der Waals surface area contributed by atoms with Gasteiger partial charge in [0.1, 0.15) is 41.7 Å². The Morgan fingerprint density at radius 1 is 1.02 bits per heavy atom. The molecule has 1 fully saturated rings. The maximum Gasteiger partial charge on any atom is 0.320 e. The Kier molecular flexibility index (Phi) is 9.46. The summed E-state index contributed by atoms with van der Waals surface area (Å²) in [6, 6.07) is 10.3. The van der Waals surface area contributed by atoms with Crippen LogP contribution in [0, 0.1) is 17.5 Å². The van der Waals surface area contributed by atoms with Gasteiger partial charge in [0, 0.05) is 17.7 Å². The molecule has 1 N–H and O–H groups in total. The lowest BCUT2D eigenvalue weighted by molar-refractivity contribution is -0.148. The average molecular weight is 601 g/mol. The molecular weight excluding hydrogens is 573 g/mol. The Bertz CT molecular complexity index is 1490. The third-order valence-electron chi connectivity index (χ3n) is 7.01. The molecule has 1 heterocycles. The first-order valence-corrected chi connectivity index (χ1v) is 13.9. The van der Waals surface area contributed by atoms with Crippen molar-refractivity contribution in [1.82, 2.24) is 5.32 Å². The van der Waals surface area contributed by atoms with Gasteiger partial charge in [-0.2, -0.15) is 0 Å². The van der Waals surface area contributed by atoms with Gasteiger partial charge in [0.25, 0.3) is 5.91 Å². The lowest BCUT2D eigenvalue weighted by Crippen LogP contribution is -2.29. The number of anilines is 2. The largest absolute Gasteiger partial charge is 0.467 e. The normalized spacial score (nSPS) is 15.0. The lowest BCUT2D eigenvalue weighted by atomic mass is 9.95. The number of carbonyl (C=O) groups is 2. The molecular formula is C31H28ClF3N2O5. The molecule has 0 aromatic heterocycles. The Morgan fingerprint density at radius 3 is 2.52 bits per heavy atom. The highest BCUT2D eigenvalue weighted by Crippen LogP contribution is 2.43. The van der Waals surface area contributed by atoms with Crippen molar-refractivity contribution in [1.29, 1.82) is 0 Å². The van der Waals surface area contributed by atoms with Gasteiger partial charge < -0.3 is 14.2 Å². The van der Waals surface area contributed by atoms with Crippen LogP contribution >= 0.6 is 11.6 Å². The number of allylic oxidation sites excluding steroid dienone is 1. The van der Waals surface area contributed by atoms with Crippen molar-refractivity contribution in [2.24, 2.45) is 0 Å². The summed E-state index contributed by atoms with van der Waals surface area (Å²) in [6.45, 7) is -0.308. The van der Waals surface area contributed by atoms with Crippen molar-refractivity contribution in [3.05, 3.63) is 88.7 Å². The zero-order chi connectivity index (χ0) is 29.6. The van der Waals surface area contributed by atoms with Crippen LogP contribution in [-0.2, 0) is 25.5 Å². The van der Waals surface area contributed by atoms with Crippen LogP contribution in [0.1, 0.15) is 31.2 Å². The van der Waals surface area contributed by atoms with Gasteiger partial charge in [-0.25, -0.2) is 13.2 Å². The van der Waals surface area contributed by atoms with E-state index in [2.05, 4.69) is 5.32 Å². The Morgan fingerprint density at radius 2 is 1.79 bits per heavy atom. The highest BCUT2D eigenvalue weighted by molar-refractivity contribution is 6.33. The molecule has 2 aliphatic rings. The van der Waals surface area contributed by atoms with E-state index in [-0.39, 0.29) is 55.0 Å². The fourth-order valence-corrected chi connectivity index (χ4v) is 5.36. The molecule has 3 aromatic carbocycles. The van der Waals surface area contributed by atoms with Crippen molar-refractivity contribution in [3.8, 4) is 16.9 Å². The average Bonchev–Trinajstić information content (AvgIpc) is 3.40. The van der Waals surface area contributed by atoms with E-state index in [0.29, 0.717) is 16.7 Å². The van der Waals surface area contributed by atoms with Crippen LogP contribution < -0.4 is 15.0 Å². The van der Waals surface area contributed by atoms with Crippen molar-refractivity contribution in [3.63, 3.8) is 0 Å². The molecule has 1 amide bonds. The number of fused-ring (bicyclic) bond motifs is 1. The van der Waals surface area contributed by atoms with E-state index in [1.165, 1.54) is 30.3 Å². The topological polar surface area (TPSA) is 77.1 Å². The molecule has 220 valence electrons. The smallest absolute Gasteiger partial charge is 0.320 e. The summed E-state index contributed by atoms with van der Waals surface area (Å²) in [5, 5.41) is 2.93. The lowest BCUT2D eigenvalue weighted by Gasteiger charge is -2.26. The molecule has 1 aliphatic heterocycles. The van der Waals surface area contributed by atoms with Gasteiger partial charge >= 0.3 is 5.97 Å². The number of hydrogen-bond donors (Lipinski definition) is 1. The number of rotatable bonds is 10. The van der Waals surface area contributed by atoms with Crippen LogP contribution in [0.15, 0.2) is 60.7 Å². The number of hydrogen-bond acceptors (Lipinski definition) is 6. The zero-order valence-electron chi connectivity index (χ0n) is 22.5. The Labute approximate surface area is 245 Å². The quantitative estimate of drug-likeness (QED) is 0.161. The minimum atomic E-state index is -0.932. The molecule has 0 atom stereocenters. The van der Waals surface area contributed by atoms with Crippen molar-refractivity contribution >= 4 is 34.9 Å². The second-order valence-corrected chi connectivity index (χ2v) is 10.3. The first-order valence-electron chi connectivity index (χ1n) is 13.5. The van der Waals surface area contributed by atoms with Crippen molar-refractivity contribution in [2.45, 2.75) is 38.2 Å². The van der Waals surface area contributed by atoms with Gasteiger partial charge in [-0.1, -0.05) is 23.7 Å². The van der Waals surface area contributed by atoms with Crippen molar-refractivity contribution < 1.29 is 37.0 Å². The summed E-state index contributed by atoms with van der Waals surface area (Å²) in [5.74, 6) is -3.24. The molecule has 0 radical (unpaired) electrons. The summed E-state index contributed by atoms with van der Waals surface area (Å²) in [7, 11) is 0. The molecule has 0 spiro atoms. The molecule has 42 heavy (non-hydrogen) atoms. The molecule has 0 saturated heterocycles. The van der Waals surface area contributed by atoms with Crippen LogP contribution in [0.5, 0.6) is 5.75 Å². The van der Waals surface area contributed by atoms with Crippen LogP contribution in [0.2, 0.25) is 5.02 Å². The first-order chi connectivity index (χ1) is 20.3. The molecule has 1 saturated carbocycles. The van der Waals surface area contributed by atoms with E-state index in [0.717, 1.165) is 48.8 Å². The van der Waals surface area contributed by atoms with E-state index < -0.39 is 29.0 Å². The molecule has 3 aromatic rings. The molecule has 0 unspecified atom stereocenters. The van der Waals surface area contributed by atoms with E-state index >= 15 is 0 Å². The minimum absolute atomic E-state index is 0.0175. The van der Waals surface area contributed by atoms with Crippen LogP contribution in [-0.4, -0.2) is 38.0 Å². The summed E-state index contributed by atoms with van der Waals surface area (Å²) in [6.07, 6.45) is 6.87. The molecule has 1 aliphatic carbocycles. The Balaban J connectivity index is 1.40. The van der Waals surface area contributed by atoms with Crippen molar-refractivity contribution in [2.75, 3.05) is 25.0 Å². The predicted molar refractivity (Wildman–Crippen MR) is 151 cm³/mol. The fourth-order valence-electron chi connectivity index (χ4n) is 5.09. The first kappa shape index (κ1) is 29.6. The van der Waals surface area contributed by atoms with Gasteiger partial charge in [-0.15, -0.1) is 0 Å². The van der Waals surface area contributed by atoms with Crippen LogP contribution in [0.3, 0.4) is 0 Å². The second-order valence-electron chi connectivity index (χ2n) is 9.88. The summed E-state index contributed by atoms with van der Waals surface area (Å²) in [4.78, 5) is 26.1. The van der Waals surface area contributed by atoms with Gasteiger partial charge in [-0.3, -0.25) is 19.8 Å². The highest BCUT2D eigenvalue weighted by Gasteiger charge is 2.29. The summed E-state index contributed by atoms with van der Waals surface area (Å²) < 4.78 is 60.4. The van der Waals surface area contributed by atoms with E-state index in [4.69, 9.17) is 25.8 Å². The molecule has 0 bridgehead atoms. The number of nitrogens with one attached hydrogen (secondary N) is 1. The SMILES string of the molecule is O=C(CNCOCOc1cc(-c2ccc(F)cc2Cl)c2c(c1)N(c1c(F)cccc1F)C(=O)C=CC2)OC1CCCC1. The number of para-hydroxylation sites is 1. The van der Waals surface area contributed by atoms with E-state index in [9.17, 15) is 22.8 Å². The van der Waals surface area contributed by atoms with Gasteiger partial charge in [0.15, 0.2) is 6.79 Å². The molecule has 11 heteroatoms. The van der Waals surface area contributed by atoms with E-state index in [1.807, 2.05) is 0 Å². The van der Waals surface area contributed by atoms with Gasteiger partial charge in [-0.05, 0) is 79.6 Å². The summed E-state index contributed by atoms with van der Waals surface area (Å²) in [5.41, 5.74) is 1.04. The van der Waals surface area contributed by atoms with E-state index in [1.54, 1.807) is 12.1 Å². The standard InChI is InChI=1S/C31H28ClF3N2O5/c32-25-13-19(33)11-12-22(25)24-14-21(41-18-40-17-36-16-30(39)42-20-5-1-2-6-20)15-28-23(24)7-3-10-29(38)37(28)31-26(34)8-4-9-27(31)35/h3-4,8-15,20,36H,1-2,5-7,16-18H2. The fraction of sp³-hybridized carbons (Fsp3) is 0.290. The number of amides is 1. The van der Waals surface area contributed by atoms with Gasteiger partial charge in [0.2, 0.25) is 0 Å². The monoisotopic (exact) mass is 600 g/mol. The molecule has 5 rings (SSSR count). The predicted octanol–water partition coefficient (Wildman–Crippen LogP) is 6.59. The third-order valence-corrected chi connectivity index (χ3v) is 7.32. The number of nitrogens with zero attached hydrogens (tertiary/aromatic N) is 1. The Hall–Kier alpha value is -3.86. The number of halogens is 4. The zero-order valence-corrected chi connectivity index (χ0v) is 23.3. The van der Waals surface area contributed by atoms with Crippen LogP contribution in [0.4, 0.5) is 24.5 Å². The maximum absolute atomic E-state index is 14.9. The minimum Gasteiger partial charge on any atom is -0.467 e. The number of benzene rings is 3. The third kappa shape index (κ3) is 6.78. The summed E-state index contributed by atoms with van der Waals surface area (Å²) >= 11 is 6.40. The number of ether oxygens (including phenoxy) is 3. The number of esters is 1. The maximum atomic E-state index is 14.9.